The molecule has 3 aromatic rings. The van der Waals surface area contributed by atoms with Crippen molar-refractivity contribution in [3.05, 3.63) is 46.2 Å². The molecule has 0 aliphatic heterocycles. The van der Waals surface area contributed by atoms with Crippen molar-refractivity contribution in [2.75, 3.05) is 19.5 Å². The van der Waals surface area contributed by atoms with E-state index in [0.717, 1.165) is 16.6 Å². The number of anilines is 2. The average molecular weight is 364 g/mol. The van der Waals surface area contributed by atoms with Gasteiger partial charge < -0.3 is 14.8 Å². The van der Waals surface area contributed by atoms with E-state index in [1.807, 2.05) is 31.2 Å². The van der Waals surface area contributed by atoms with Gasteiger partial charge in [0.15, 0.2) is 11.5 Å². The Hall–Kier alpha value is -2.24. The summed E-state index contributed by atoms with van der Waals surface area (Å²) in [4.78, 5) is 8.53. The van der Waals surface area contributed by atoms with Gasteiger partial charge in [-0.3, -0.25) is 0 Å². The Kier molecular flexibility index (Phi) is 4.64. The molecule has 2 aromatic carbocycles. The van der Waals surface area contributed by atoms with Crippen molar-refractivity contribution in [3.63, 3.8) is 0 Å². The lowest BCUT2D eigenvalue weighted by Gasteiger charge is -2.13. The lowest BCUT2D eigenvalue weighted by Crippen LogP contribution is -1.99. The van der Waals surface area contributed by atoms with Crippen molar-refractivity contribution in [2.45, 2.75) is 6.92 Å². The number of nitrogens with zero attached hydrogens (tertiary/aromatic N) is 2. The number of nitrogens with one attached hydrogen (secondary N) is 1. The van der Waals surface area contributed by atoms with Crippen LogP contribution in [0, 0.1) is 6.92 Å². The van der Waals surface area contributed by atoms with Gasteiger partial charge in [-0.1, -0.05) is 17.7 Å². The smallest absolute Gasteiger partial charge is 0.224 e. The molecule has 0 saturated carbocycles. The molecule has 0 amide bonds. The van der Waals surface area contributed by atoms with Crippen LogP contribution in [0.5, 0.6) is 11.5 Å². The first-order valence-electron chi connectivity index (χ1n) is 7.14. The highest BCUT2D eigenvalue weighted by molar-refractivity contribution is 6.31. The molecular formula is C17H15Cl2N3O2. The molecule has 0 unspecified atom stereocenters. The summed E-state index contributed by atoms with van der Waals surface area (Å²) in [5.74, 6) is 1.72. The number of methoxy groups -OCH3 is 2. The van der Waals surface area contributed by atoms with Crippen LogP contribution in [-0.4, -0.2) is 24.2 Å². The Labute approximate surface area is 149 Å². The van der Waals surface area contributed by atoms with E-state index < -0.39 is 0 Å². The summed E-state index contributed by atoms with van der Waals surface area (Å²) in [6.45, 7) is 1.94. The standard InChI is InChI=1S/C17H15Cl2N3O2/c1-9-4-5-10(6-12(9)18)20-16-11-7-14(23-2)15(24-3)8-13(11)21-17(19)22-16/h4-8H,1-3H3,(H,20,21,22). The second-order valence-electron chi connectivity index (χ2n) is 5.15. The molecule has 24 heavy (non-hydrogen) atoms. The first kappa shape index (κ1) is 16.6. The maximum Gasteiger partial charge on any atom is 0.224 e. The van der Waals surface area contributed by atoms with Gasteiger partial charge in [0.1, 0.15) is 5.82 Å². The Morgan fingerprint density at radius 2 is 1.67 bits per heavy atom. The van der Waals surface area contributed by atoms with Crippen LogP contribution in [0.25, 0.3) is 10.9 Å². The molecule has 3 rings (SSSR count). The van der Waals surface area contributed by atoms with Crippen LogP contribution in [0.2, 0.25) is 10.3 Å². The highest BCUT2D eigenvalue weighted by Crippen LogP contribution is 2.35. The minimum atomic E-state index is 0.135. The molecule has 1 heterocycles. The van der Waals surface area contributed by atoms with E-state index in [1.54, 1.807) is 20.3 Å². The lowest BCUT2D eigenvalue weighted by molar-refractivity contribution is 0.356. The van der Waals surface area contributed by atoms with Crippen molar-refractivity contribution in [3.8, 4) is 11.5 Å². The lowest BCUT2D eigenvalue weighted by atomic mass is 10.2. The SMILES string of the molecule is COc1cc2nc(Cl)nc(Nc3ccc(C)c(Cl)c3)c2cc1OC. The van der Waals surface area contributed by atoms with Crippen LogP contribution in [0.4, 0.5) is 11.5 Å². The number of hydrogen-bond acceptors (Lipinski definition) is 5. The van der Waals surface area contributed by atoms with Crippen LogP contribution >= 0.6 is 23.2 Å². The van der Waals surface area contributed by atoms with E-state index in [2.05, 4.69) is 15.3 Å². The normalized spacial score (nSPS) is 10.7. The molecule has 1 aromatic heterocycles. The Morgan fingerprint density at radius 1 is 0.958 bits per heavy atom. The van der Waals surface area contributed by atoms with Gasteiger partial charge in [0.2, 0.25) is 5.28 Å². The van der Waals surface area contributed by atoms with Crippen molar-refractivity contribution >= 4 is 45.6 Å². The maximum absolute atomic E-state index is 6.18. The van der Waals surface area contributed by atoms with Gasteiger partial charge >= 0.3 is 0 Å². The summed E-state index contributed by atoms with van der Waals surface area (Å²) in [6.07, 6.45) is 0. The largest absolute Gasteiger partial charge is 0.493 e. The minimum Gasteiger partial charge on any atom is -0.493 e. The van der Waals surface area contributed by atoms with Crippen LogP contribution in [0.15, 0.2) is 30.3 Å². The average Bonchev–Trinajstić information content (AvgIpc) is 2.57. The zero-order valence-corrected chi connectivity index (χ0v) is 14.9. The fraction of sp³-hybridized carbons (Fsp3) is 0.176. The first-order valence-corrected chi connectivity index (χ1v) is 7.90. The monoisotopic (exact) mass is 363 g/mol. The van der Waals surface area contributed by atoms with E-state index in [4.69, 9.17) is 32.7 Å². The third-order valence-electron chi connectivity index (χ3n) is 3.61. The van der Waals surface area contributed by atoms with E-state index in [9.17, 15) is 0 Å². The van der Waals surface area contributed by atoms with Crippen LogP contribution < -0.4 is 14.8 Å². The molecule has 1 N–H and O–H groups in total. The van der Waals surface area contributed by atoms with Gasteiger partial charge in [0.05, 0.1) is 19.7 Å². The molecule has 0 saturated heterocycles. The second kappa shape index (κ2) is 6.71. The van der Waals surface area contributed by atoms with Gasteiger partial charge in [-0.25, -0.2) is 4.98 Å². The molecule has 0 spiro atoms. The van der Waals surface area contributed by atoms with Crippen molar-refractivity contribution < 1.29 is 9.47 Å². The second-order valence-corrected chi connectivity index (χ2v) is 5.90. The number of aromatic nitrogens is 2. The van der Waals surface area contributed by atoms with Gasteiger partial charge in [0.25, 0.3) is 0 Å². The van der Waals surface area contributed by atoms with Crippen LogP contribution in [0.1, 0.15) is 5.56 Å². The molecule has 0 bridgehead atoms. The zero-order valence-electron chi connectivity index (χ0n) is 13.4. The topological polar surface area (TPSA) is 56.3 Å². The van der Waals surface area contributed by atoms with Gasteiger partial charge in [0, 0.05) is 22.2 Å². The molecule has 0 aliphatic rings. The predicted octanol–water partition coefficient (Wildman–Crippen LogP) is 5.01. The number of halogens is 2. The number of aryl methyl sites for hydroxylation is 1. The molecule has 0 atom stereocenters. The van der Waals surface area contributed by atoms with E-state index in [1.165, 1.54) is 0 Å². The summed E-state index contributed by atoms with van der Waals surface area (Å²) in [7, 11) is 3.15. The third-order valence-corrected chi connectivity index (χ3v) is 4.18. The zero-order chi connectivity index (χ0) is 17.3. The van der Waals surface area contributed by atoms with Crippen LogP contribution in [-0.2, 0) is 0 Å². The fourth-order valence-corrected chi connectivity index (χ4v) is 2.69. The first-order chi connectivity index (χ1) is 11.5. The highest BCUT2D eigenvalue weighted by Gasteiger charge is 2.13. The van der Waals surface area contributed by atoms with E-state index in [0.29, 0.717) is 27.9 Å². The van der Waals surface area contributed by atoms with Gasteiger partial charge in [-0.05, 0) is 42.3 Å². The van der Waals surface area contributed by atoms with Crippen LogP contribution in [0.3, 0.4) is 0 Å². The number of ether oxygens (including phenoxy) is 2. The third kappa shape index (κ3) is 3.18. The Balaban J connectivity index is 2.13. The summed E-state index contributed by atoms with van der Waals surface area (Å²) in [5, 5.41) is 4.79. The quantitative estimate of drug-likeness (QED) is 0.660. The molecule has 0 aliphatic carbocycles. The maximum atomic E-state index is 6.18. The molecule has 124 valence electrons. The molecular weight excluding hydrogens is 349 g/mol. The van der Waals surface area contributed by atoms with Gasteiger partial charge in [-0.15, -0.1) is 0 Å². The molecule has 0 radical (unpaired) electrons. The van der Waals surface area contributed by atoms with Crippen molar-refractivity contribution in [1.82, 2.24) is 9.97 Å². The van der Waals surface area contributed by atoms with Gasteiger partial charge in [-0.2, -0.15) is 4.98 Å². The number of benzene rings is 2. The minimum absolute atomic E-state index is 0.135. The Morgan fingerprint density at radius 3 is 2.33 bits per heavy atom. The molecule has 5 nitrogen and oxygen atoms in total. The molecule has 0 fully saturated rings. The summed E-state index contributed by atoms with van der Waals surface area (Å²) < 4.78 is 10.7. The number of rotatable bonds is 4. The predicted molar refractivity (Wildman–Crippen MR) is 97.1 cm³/mol. The van der Waals surface area contributed by atoms with Crippen molar-refractivity contribution in [2.24, 2.45) is 0 Å². The Bertz CT molecular complexity index is 916. The van der Waals surface area contributed by atoms with Crippen molar-refractivity contribution in [1.29, 1.82) is 0 Å². The summed E-state index contributed by atoms with van der Waals surface area (Å²) >= 11 is 12.2. The molecule has 7 heteroatoms. The highest BCUT2D eigenvalue weighted by atomic mass is 35.5. The summed E-state index contributed by atoms with van der Waals surface area (Å²) in [6, 6.07) is 9.25. The summed E-state index contributed by atoms with van der Waals surface area (Å²) in [5.41, 5.74) is 2.45. The fourth-order valence-electron chi connectivity index (χ4n) is 2.33. The van der Waals surface area contributed by atoms with E-state index >= 15 is 0 Å². The number of hydrogen-bond donors (Lipinski definition) is 1. The van der Waals surface area contributed by atoms with E-state index in [-0.39, 0.29) is 5.28 Å². The number of fused-ring (bicyclic) bond motifs is 1.